The summed E-state index contributed by atoms with van der Waals surface area (Å²) >= 11 is 1.34. The molecule has 0 saturated carbocycles. The van der Waals surface area contributed by atoms with Crippen molar-refractivity contribution in [1.29, 1.82) is 0 Å². The topological polar surface area (TPSA) is 63.1 Å². The van der Waals surface area contributed by atoms with E-state index >= 15 is 0 Å². The van der Waals surface area contributed by atoms with Crippen LogP contribution >= 0.6 is 11.8 Å². The van der Waals surface area contributed by atoms with Gasteiger partial charge in [-0.15, -0.1) is 0 Å². The van der Waals surface area contributed by atoms with Crippen LogP contribution in [0.25, 0.3) is 0 Å². The minimum absolute atomic E-state index is 0.266. The van der Waals surface area contributed by atoms with E-state index in [-0.39, 0.29) is 5.56 Å². The lowest BCUT2D eigenvalue weighted by molar-refractivity contribution is 0.0696. The van der Waals surface area contributed by atoms with E-state index in [2.05, 4.69) is 9.97 Å². The Morgan fingerprint density at radius 1 is 1.29 bits per heavy atom. The molecule has 0 fully saturated rings. The summed E-state index contributed by atoms with van der Waals surface area (Å²) in [5, 5.41) is 9.48. The molecule has 86 valence electrons. The molecule has 17 heavy (non-hydrogen) atoms. The number of carboxylic acid groups (broad SMARTS) is 1. The fourth-order valence-corrected chi connectivity index (χ4v) is 1.99. The number of carbonyl (C=O) groups is 1. The number of benzene rings is 1. The molecule has 0 aliphatic carbocycles. The highest BCUT2D eigenvalue weighted by Gasteiger charge is 2.05. The maximum Gasteiger partial charge on any atom is 0.335 e. The fraction of sp³-hybridized carbons (Fsp3) is 0.0833. The van der Waals surface area contributed by atoms with Gasteiger partial charge in [0, 0.05) is 17.3 Å². The predicted molar refractivity (Wildman–Crippen MR) is 64.3 cm³/mol. The van der Waals surface area contributed by atoms with Crippen molar-refractivity contribution in [2.24, 2.45) is 0 Å². The van der Waals surface area contributed by atoms with E-state index in [4.69, 9.17) is 5.11 Å². The van der Waals surface area contributed by atoms with Gasteiger partial charge in [-0.25, -0.2) is 14.8 Å². The van der Waals surface area contributed by atoms with Crippen molar-refractivity contribution in [3.63, 3.8) is 0 Å². The molecular weight excluding hydrogens is 236 g/mol. The monoisotopic (exact) mass is 246 g/mol. The molecule has 0 unspecified atom stereocenters. The maximum absolute atomic E-state index is 10.8. The van der Waals surface area contributed by atoms with Gasteiger partial charge in [0.05, 0.1) is 5.56 Å². The van der Waals surface area contributed by atoms with Crippen LogP contribution in [0, 0.1) is 6.92 Å². The Balaban J connectivity index is 2.21. The number of hydrogen-bond donors (Lipinski definition) is 1. The first kappa shape index (κ1) is 11.6. The summed E-state index contributed by atoms with van der Waals surface area (Å²) in [5.41, 5.74) is 1.26. The molecule has 5 heteroatoms. The van der Waals surface area contributed by atoms with Crippen LogP contribution in [-0.2, 0) is 0 Å². The van der Waals surface area contributed by atoms with E-state index in [9.17, 15) is 4.79 Å². The van der Waals surface area contributed by atoms with Crippen LogP contribution in [0.15, 0.2) is 46.7 Å². The van der Waals surface area contributed by atoms with Gasteiger partial charge < -0.3 is 5.11 Å². The lowest BCUT2D eigenvalue weighted by Crippen LogP contribution is -1.95. The highest BCUT2D eigenvalue weighted by atomic mass is 32.2. The van der Waals surface area contributed by atoms with Gasteiger partial charge in [0.2, 0.25) is 0 Å². The van der Waals surface area contributed by atoms with Crippen LogP contribution in [-0.4, -0.2) is 21.0 Å². The van der Waals surface area contributed by atoms with Crippen LogP contribution in [0.5, 0.6) is 0 Å². The van der Waals surface area contributed by atoms with Crippen LogP contribution < -0.4 is 0 Å². The SMILES string of the molecule is Cc1cnc(Sc2cccc(C(=O)O)c2)nc1. The molecular formula is C12H10N2O2S. The molecule has 1 heterocycles. The van der Waals surface area contributed by atoms with Crippen molar-refractivity contribution < 1.29 is 9.90 Å². The molecule has 0 radical (unpaired) electrons. The molecule has 0 atom stereocenters. The van der Waals surface area contributed by atoms with Gasteiger partial charge in [-0.2, -0.15) is 0 Å². The predicted octanol–water partition coefficient (Wildman–Crippen LogP) is 2.63. The summed E-state index contributed by atoms with van der Waals surface area (Å²) in [7, 11) is 0. The first-order valence-electron chi connectivity index (χ1n) is 4.95. The number of hydrogen-bond acceptors (Lipinski definition) is 4. The number of carboxylic acids is 1. The number of aromatic nitrogens is 2. The number of nitrogens with zero attached hydrogens (tertiary/aromatic N) is 2. The van der Waals surface area contributed by atoms with Gasteiger partial charge >= 0.3 is 5.97 Å². The standard InChI is InChI=1S/C12H10N2O2S/c1-8-6-13-12(14-7-8)17-10-4-2-3-9(5-10)11(15)16/h2-7H,1H3,(H,15,16). The van der Waals surface area contributed by atoms with Crippen molar-refractivity contribution in [3.8, 4) is 0 Å². The Hall–Kier alpha value is -1.88. The summed E-state index contributed by atoms with van der Waals surface area (Å²) in [5.74, 6) is -0.933. The molecule has 0 bridgehead atoms. The van der Waals surface area contributed by atoms with Gasteiger partial charge in [-0.1, -0.05) is 6.07 Å². The molecule has 2 rings (SSSR count). The Labute approximate surface area is 103 Å². The molecule has 0 spiro atoms. The van der Waals surface area contributed by atoms with Gasteiger partial charge in [-0.3, -0.25) is 0 Å². The fourth-order valence-electron chi connectivity index (χ4n) is 1.23. The molecule has 0 amide bonds. The van der Waals surface area contributed by atoms with E-state index in [1.165, 1.54) is 11.8 Å². The van der Waals surface area contributed by atoms with Crippen molar-refractivity contribution in [3.05, 3.63) is 47.8 Å². The van der Waals surface area contributed by atoms with Crippen LogP contribution in [0.1, 0.15) is 15.9 Å². The normalized spacial score (nSPS) is 10.2. The number of aromatic carboxylic acids is 1. The molecule has 2 aromatic rings. The van der Waals surface area contributed by atoms with Gasteiger partial charge in [-0.05, 0) is 42.4 Å². The van der Waals surface area contributed by atoms with E-state index in [1.807, 2.05) is 13.0 Å². The average Bonchev–Trinajstić information content (AvgIpc) is 2.32. The zero-order valence-corrected chi connectivity index (χ0v) is 9.94. The maximum atomic E-state index is 10.8. The summed E-state index contributed by atoms with van der Waals surface area (Å²) < 4.78 is 0. The second kappa shape index (κ2) is 4.97. The zero-order chi connectivity index (χ0) is 12.3. The second-order valence-corrected chi connectivity index (χ2v) is 4.52. The molecule has 0 aliphatic rings. The van der Waals surface area contributed by atoms with Crippen LogP contribution in [0.2, 0.25) is 0 Å². The molecule has 1 aromatic carbocycles. The third-order valence-corrected chi connectivity index (χ3v) is 2.93. The first-order valence-corrected chi connectivity index (χ1v) is 5.76. The summed E-state index contributed by atoms with van der Waals surface area (Å²) in [6, 6.07) is 6.71. The molecule has 1 N–H and O–H groups in total. The van der Waals surface area contributed by atoms with Gasteiger partial charge in [0.1, 0.15) is 0 Å². The summed E-state index contributed by atoms with van der Waals surface area (Å²) in [4.78, 5) is 19.9. The summed E-state index contributed by atoms with van der Waals surface area (Å²) in [6.07, 6.45) is 3.47. The van der Waals surface area contributed by atoms with Crippen LogP contribution in [0.4, 0.5) is 0 Å². The van der Waals surface area contributed by atoms with E-state index in [1.54, 1.807) is 30.6 Å². The summed E-state index contributed by atoms with van der Waals surface area (Å²) in [6.45, 7) is 1.92. The van der Waals surface area contributed by atoms with Crippen molar-refractivity contribution in [1.82, 2.24) is 9.97 Å². The highest BCUT2D eigenvalue weighted by Crippen LogP contribution is 2.24. The largest absolute Gasteiger partial charge is 0.478 e. The van der Waals surface area contributed by atoms with E-state index < -0.39 is 5.97 Å². The van der Waals surface area contributed by atoms with Crippen LogP contribution in [0.3, 0.4) is 0 Å². The van der Waals surface area contributed by atoms with Crippen molar-refractivity contribution >= 4 is 17.7 Å². The number of rotatable bonds is 3. The molecule has 1 aromatic heterocycles. The third-order valence-electron chi connectivity index (χ3n) is 2.05. The third kappa shape index (κ3) is 3.04. The Bertz CT molecular complexity index is 540. The van der Waals surface area contributed by atoms with E-state index in [0.717, 1.165) is 10.5 Å². The second-order valence-electron chi connectivity index (χ2n) is 3.48. The minimum atomic E-state index is -0.933. The number of aryl methyl sites for hydroxylation is 1. The Kier molecular flexibility index (Phi) is 3.39. The molecule has 0 saturated heterocycles. The molecule has 4 nitrogen and oxygen atoms in total. The van der Waals surface area contributed by atoms with Crippen molar-refractivity contribution in [2.45, 2.75) is 17.0 Å². The molecule has 0 aliphatic heterocycles. The lowest BCUT2D eigenvalue weighted by atomic mass is 10.2. The van der Waals surface area contributed by atoms with Crippen molar-refractivity contribution in [2.75, 3.05) is 0 Å². The minimum Gasteiger partial charge on any atom is -0.478 e. The Morgan fingerprint density at radius 3 is 2.65 bits per heavy atom. The van der Waals surface area contributed by atoms with Gasteiger partial charge in [0.25, 0.3) is 0 Å². The average molecular weight is 246 g/mol. The van der Waals surface area contributed by atoms with E-state index in [0.29, 0.717) is 5.16 Å². The lowest BCUT2D eigenvalue weighted by Gasteiger charge is -2.01. The smallest absolute Gasteiger partial charge is 0.335 e. The Morgan fingerprint density at radius 2 is 2.00 bits per heavy atom. The zero-order valence-electron chi connectivity index (χ0n) is 9.12. The quantitative estimate of drug-likeness (QED) is 0.843. The van der Waals surface area contributed by atoms with Gasteiger partial charge in [0.15, 0.2) is 5.16 Å². The first-order chi connectivity index (χ1) is 8.15. The highest BCUT2D eigenvalue weighted by molar-refractivity contribution is 7.99.